The first-order valence-electron chi connectivity index (χ1n) is 6.67. The number of rotatable bonds is 2. The summed E-state index contributed by atoms with van der Waals surface area (Å²) < 4.78 is 23.3. The molecule has 3 rings (SSSR count). The van der Waals surface area contributed by atoms with Crippen molar-refractivity contribution in [2.24, 2.45) is 0 Å². The Balaban J connectivity index is 1.71. The molecule has 1 aliphatic heterocycles. The van der Waals surface area contributed by atoms with Crippen LogP contribution in [-0.2, 0) is 16.3 Å². The van der Waals surface area contributed by atoms with Crippen LogP contribution in [-0.4, -0.2) is 26.0 Å². The quantitative estimate of drug-likeness (QED) is 0.907. The van der Waals surface area contributed by atoms with E-state index in [9.17, 15) is 8.42 Å². The van der Waals surface area contributed by atoms with Gasteiger partial charge in [0.15, 0.2) is 9.84 Å². The van der Waals surface area contributed by atoms with Gasteiger partial charge in [-0.25, -0.2) is 8.42 Å². The van der Waals surface area contributed by atoms with Crippen molar-refractivity contribution in [2.75, 3.05) is 11.5 Å². The van der Waals surface area contributed by atoms with Crippen molar-refractivity contribution >= 4 is 21.2 Å². The molecular formula is C13H19NO2S2. The molecule has 5 heteroatoms. The van der Waals surface area contributed by atoms with Crippen molar-refractivity contribution in [1.82, 2.24) is 5.32 Å². The second-order valence-electron chi connectivity index (χ2n) is 5.36. The summed E-state index contributed by atoms with van der Waals surface area (Å²) in [4.78, 5) is 1.48. The molecule has 18 heavy (non-hydrogen) atoms. The number of aryl methyl sites for hydroxylation is 1. The molecule has 3 nitrogen and oxygen atoms in total. The summed E-state index contributed by atoms with van der Waals surface area (Å²) in [6.07, 6.45) is 5.34. The normalized spacial score (nSPS) is 30.9. The number of thiophene rings is 1. The Kier molecular flexibility index (Phi) is 3.47. The molecule has 0 amide bonds. The summed E-state index contributed by atoms with van der Waals surface area (Å²) in [6, 6.07) is 2.73. The number of hydrogen-bond acceptors (Lipinski definition) is 4. The number of sulfone groups is 1. The van der Waals surface area contributed by atoms with Crippen molar-refractivity contribution in [2.45, 2.75) is 44.2 Å². The van der Waals surface area contributed by atoms with Crippen LogP contribution in [0.4, 0.5) is 0 Å². The van der Waals surface area contributed by atoms with E-state index in [0.29, 0.717) is 17.5 Å². The van der Waals surface area contributed by atoms with Gasteiger partial charge in [-0.2, -0.15) is 0 Å². The van der Waals surface area contributed by atoms with Crippen LogP contribution in [0.1, 0.15) is 42.2 Å². The van der Waals surface area contributed by atoms with Gasteiger partial charge in [0, 0.05) is 17.0 Å². The van der Waals surface area contributed by atoms with Crippen molar-refractivity contribution in [3.63, 3.8) is 0 Å². The molecule has 0 spiro atoms. The third-order valence-corrected chi connectivity index (χ3v) is 6.77. The van der Waals surface area contributed by atoms with Crippen LogP contribution in [0.15, 0.2) is 11.4 Å². The minimum Gasteiger partial charge on any atom is -0.306 e. The van der Waals surface area contributed by atoms with E-state index in [1.807, 2.05) is 11.3 Å². The fourth-order valence-corrected chi connectivity index (χ4v) is 5.73. The highest BCUT2D eigenvalue weighted by molar-refractivity contribution is 7.91. The van der Waals surface area contributed by atoms with Crippen molar-refractivity contribution < 1.29 is 8.42 Å². The van der Waals surface area contributed by atoms with E-state index in [1.165, 1.54) is 23.3 Å². The molecule has 0 aromatic carbocycles. The molecule has 1 N–H and O–H groups in total. The van der Waals surface area contributed by atoms with Crippen LogP contribution >= 0.6 is 11.3 Å². The average molecular weight is 285 g/mol. The zero-order valence-electron chi connectivity index (χ0n) is 10.4. The summed E-state index contributed by atoms with van der Waals surface area (Å²) in [5.74, 6) is 0.697. The van der Waals surface area contributed by atoms with Crippen LogP contribution in [0.5, 0.6) is 0 Å². The van der Waals surface area contributed by atoms with Crippen molar-refractivity contribution in [1.29, 1.82) is 0 Å². The molecule has 2 aliphatic rings. The van der Waals surface area contributed by atoms with Gasteiger partial charge in [-0.15, -0.1) is 11.3 Å². The molecule has 2 unspecified atom stereocenters. The minimum atomic E-state index is -2.81. The van der Waals surface area contributed by atoms with Crippen LogP contribution in [0, 0.1) is 0 Å². The third-order valence-electron chi connectivity index (χ3n) is 3.95. The molecule has 2 heterocycles. The fourth-order valence-electron chi connectivity index (χ4n) is 3.10. The summed E-state index contributed by atoms with van der Waals surface area (Å²) in [7, 11) is -2.81. The maximum Gasteiger partial charge on any atom is 0.151 e. The number of fused-ring (bicyclic) bond motifs is 1. The first kappa shape index (κ1) is 12.6. The molecule has 0 bridgehead atoms. The van der Waals surface area contributed by atoms with E-state index in [1.54, 1.807) is 0 Å². The molecular weight excluding hydrogens is 266 g/mol. The standard InChI is InChI=1S/C13H19NO2S2/c15-18(16)8-2-3-10(9-18)14-12-4-1-5-13-11(12)6-7-17-13/h6-7,10,12,14H,1-5,8-9H2. The first-order chi connectivity index (χ1) is 8.64. The largest absolute Gasteiger partial charge is 0.306 e. The molecule has 100 valence electrons. The van der Waals surface area contributed by atoms with Crippen LogP contribution < -0.4 is 5.32 Å². The van der Waals surface area contributed by atoms with E-state index >= 15 is 0 Å². The topological polar surface area (TPSA) is 46.2 Å². The molecule has 0 radical (unpaired) electrons. The molecule has 1 aromatic heterocycles. The van der Waals surface area contributed by atoms with Gasteiger partial charge in [-0.1, -0.05) is 0 Å². The smallest absolute Gasteiger partial charge is 0.151 e. The SMILES string of the molecule is O=S1(=O)CCCC(NC2CCCc3sccc32)C1. The Morgan fingerprint density at radius 3 is 3.00 bits per heavy atom. The number of nitrogens with one attached hydrogen (secondary N) is 1. The van der Waals surface area contributed by atoms with E-state index in [0.717, 1.165) is 19.3 Å². The Bertz CT molecular complexity index is 521. The van der Waals surface area contributed by atoms with E-state index in [4.69, 9.17) is 0 Å². The van der Waals surface area contributed by atoms with Crippen molar-refractivity contribution in [3.8, 4) is 0 Å². The Hall–Kier alpha value is -0.390. The summed E-state index contributed by atoms with van der Waals surface area (Å²) >= 11 is 1.83. The second-order valence-corrected chi connectivity index (χ2v) is 8.59. The summed E-state index contributed by atoms with van der Waals surface area (Å²) in [5.41, 5.74) is 1.41. The van der Waals surface area contributed by atoms with Gasteiger partial charge in [-0.3, -0.25) is 0 Å². The highest BCUT2D eigenvalue weighted by Gasteiger charge is 2.28. The Morgan fingerprint density at radius 1 is 1.28 bits per heavy atom. The van der Waals surface area contributed by atoms with Gasteiger partial charge in [0.2, 0.25) is 0 Å². The fraction of sp³-hybridized carbons (Fsp3) is 0.692. The highest BCUT2D eigenvalue weighted by Crippen LogP contribution is 2.34. The molecule has 1 aliphatic carbocycles. The van der Waals surface area contributed by atoms with Crippen molar-refractivity contribution in [3.05, 3.63) is 21.9 Å². The zero-order chi connectivity index (χ0) is 12.6. The average Bonchev–Trinajstić information content (AvgIpc) is 2.77. The lowest BCUT2D eigenvalue weighted by Gasteiger charge is -2.30. The van der Waals surface area contributed by atoms with Gasteiger partial charge < -0.3 is 5.32 Å². The Labute approximate surface area is 113 Å². The van der Waals surface area contributed by atoms with E-state index in [-0.39, 0.29) is 6.04 Å². The third kappa shape index (κ3) is 2.63. The predicted octanol–water partition coefficient (Wildman–Crippen LogP) is 2.29. The minimum absolute atomic E-state index is 0.152. The van der Waals surface area contributed by atoms with E-state index in [2.05, 4.69) is 16.8 Å². The maximum atomic E-state index is 11.7. The molecule has 1 aromatic rings. The first-order valence-corrected chi connectivity index (χ1v) is 9.37. The monoisotopic (exact) mass is 285 g/mol. The summed E-state index contributed by atoms with van der Waals surface area (Å²) in [5, 5.41) is 5.74. The second kappa shape index (κ2) is 4.94. The van der Waals surface area contributed by atoms with Crippen LogP contribution in [0.3, 0.4) is 0 Å². The highest BCUT2D eigenvalue weighted by atomic mass is 32.2. The Morgan fingerprint density at radius 2 is 2.17 bits per heavy atom. The van der Waals surface area contributed by atoms with Gasteiger partial charge >= 0.3 is 0 Å². The van der Waals surface area contributed by atoms with Crippen LogP contribution in [0.25, 0.3) is 0 Å². The van der Waals surface area contributed by atoms with Gasteiger partial charge in [-0.05, 0) is 49.1 Å². The molecule has 2 atom stereocenters. The zero-order valence-corrected chi connectivity index (χ0v) is 12.0. The lowest BCUT2D eigenvalue weighted by Crippen LogP contribution is -2.42. The van der Waals surface area contributed by atoms with Gasteiger partial charge in [0.25, 0.3) is 0 Å². The van der Waals surface area contributed by atoms with Gasteiger partial charge in [0.05, 0.1) is 11.5 Å². The van der Waals surface area contributed by atoms with E-state index < -0.39 is 9.84 Å². The maximum absolute atomic E-state index is 11.7. The van der Waals surface area contributed by atoms with Gasteiger partial charge in [0.1, 0.15) is 0 Å². The molecule has 1 fully saturated rings. The number of hydrogen-bond donors (Lipinski definition) is 1. The summed E-state index contributed by atoms with van der Waals surface area (Å²) in [6.45, 7) is 0. The lowest BCUT2D eigenvalue weighted by molar-refractivity contribution is 0.388. The molecule has 0 saturated carbocycles. The lowest BCUT2D eigenvalue weighted by atomic mass is 9.93. The van der Waals surface area contributed by atoms with Crippen LogP contribution in [0.2, 0.25) is 0 Å². The molecule has 1 saturated heterocycles. The predicted molar refractivity (Wildman–Crippen MR) is 74.8 cm³/mol.